The van der Waals surface area contributed by atoms with E-state index in [4.69, 9.17) is 0 Å². The van der Waals surface area contributed by atoms with E-state index in [0.29, 0.717) is 34.1 Å². The third-order valence-corrected chi connectivity index (χ3v) is 6.43. The fraction of sp³-hybridized carbons (Fsp3) is 0.143. The molecule has 0 aliphatic carbocycles. The molecule has 214 valence electrons. The van der Waals surface area contributed by atoms with E-state index >= 15 is 0 Å². The molecular weight excluding hydrogens is 562 g/mol. The van der Waals surface area contributed by atoms with E-state index in [1.165, 1.54) is 30.6 Å². The van der Waals surface area contributed by atoms with Gasteiger partial charge in [-0.05, 0) is 54.1 Å². The molecule has 0 radical (unpaired) electrons. The molecule has 3 N–H and O–H groups in total. The van der Waals surface area contributed by atoms with Gasteiger partial charge in [0.25, 0.3) is 0 Å². The summed E-state index contributed by atoms with van der Waals surface area (Å²) in [5.41, 5.74) is 1.72. The summed E-state index contributed by atoms with van der Waals surface area (Å²) in [6.07, 6.45) is -7.44. The quantitative estimate of drug-likeness (QED) is 0.173. The van der Waals surface area contributed by atoms with Crippen molar-refractivity contribution in [3.05, 3.63) is 102 Å². The number of alkyl halides is 6. The minimum absolute atomic E-state index is 0.0727. The second-order valence-corrected chi connectivity index (χ2v) is 9.39. The van der Waals surface area contributed by atoms with Crippen molar-refractivity contribution in [2.24, 2.45) is 0 Å². The fourth-order valence-electron chi connectivity index (χ4n) is 4.36. The summed E-state index contributed by atoms with van der Waals surface area (Å²) in [7, 11) is 0. The highest BCUT2D eigenvalue weighted by Gasteiger charge is 2.30. The minimum atomic E-state index is -4.48. The number of fused-ring (bicyclic) bond motifs is 2. The molecule has 3 heterocycles. The van der Waals surface area contributed by atoms with Crippen LogP contribution in [0.25, 0.3) is 22.2 Å². The van der Waals surface area contributed by atoms with Crippen LogP contribution in [-0.4, -0.2) is 29.5 Å². The molecule has 0 atom stereocenters. The normalized spacial score (nSPS) is 12.2. The van der Waals surface area contributed by atoms with Crippen molar-refractivity contribution in [1.29, 1.82) is 0 Å². The van der Waals surface area contributed by atoms with Crippen LogP contribution < -0.4 is 10.6 Å². The molecule has 0 aliphatic rings. The Morgan fingerprint density at radius 1 is 0.762 bits per heavy atom. The van der Waals surface area contributed by atoms with E-state index in [0.717, 1.165) is 35.3 Å². The number of benzene rings is 3. The average molecular weight is 583 g/mol. The molecule has 0 saturated carbocycles. The number of para-hydroxylation sites is 2. The van der Waals surface area contributed by atoms with E-state index in [1.807, 2.05) is 24.3 Å². The maximum atomic E-state index is 13.0. The summed E-state index contributed by atoms with van der Waals surface area (Å²) in [6, 6.07) is 16.7. The van der Waals surface area contributed by atoms with Crippen LogP contribution in [0.5, 0.6) is 0 Å². The summed E-state index contributed by atoms with van der Waals surface area (Å²) in [4.78, 5) is 21.2. The molecule has 42 heavy (non-hydrogen) atoms. The largest absolute Gasteiger partial charge is 0.416 e. The lowest BCUT2D eigenvalue weighted by Crippen LogP contribution is -2.09. The van der Waals surface area contributed by atoms with Gasteiger partial charge in [-0.1, -0.05) is 24.3 Å². The second kappa shape index (κ2) is 10.4. The molecule has 0 saturated heterocycles. The molecule has 3 aromatic carbocycles. The number of imidazole rings is 2. The first-order chi connectivity index (χ1) is 20.0. The highest BCUT2D eigenvalue weighted by atomic mass is 19.4. The number of nitrogens with one attached hydrogen (secondary N) is 3. The fourth-order valence-corrected chi connectivity index (χ4v) is 4.36. The zero-order valence-corrected chi connectivity index (χ0v) is 21.4. The smallest absolute Gasteiger partial charge is 0.361 e. The zero-order chi connectivity index (χ0) is 29.5. The number of aromatic amines is 1. The van der Waals surface area contributed by atoms with Gasteiger partial charge in [0, 0.05) is 5.69 Å². The molecule has 0 unspecified atom stereocenters. The highest BCUT2D eigenvalue weighted by molar-refractivity contribution is 5.85. The zero-order valence-electron chi connectivity index (χ0n) is 21.4. The Labute approximate surface area is 233 Å². The number of H-pyrrole nitrogens is 1. The first-order valence-electron chi connectivity index (χ1n) is 12.5. The highest BCUT2D eigenvalue weighted by Crippen LogP contribution is 2.31. The maximum absolute atomic E-state index is 13.0. The van der Waals surface area contributed by atoms with Gasteiger partial charge in [0.2, 0.25) is 5.95 Å². The van der Waals surface area contributed by atoms with Crippen LogP contribution in [0, 0.1) is 0 Å². The molecule has 6 aromatic rings. The lowest BCUT2D eigenvalue weighted by Gasteiger charge is -2.12. The number of rotatable bonds is 7. The molecule has 8 nitrogen and oxygen atoms in total. The lowest BCUT2D eigenvalue weighted by molar-refractivity contribution is -0.138. The summed E-state index contributed by atoms with van der Waals surface area (Å²) in [5, 5.41) is 6.11. The first-order valence-corrected chi connectivity index (χ1v) is 12.5. The third kappa shape index (κ3) is 5.68. The van der Waals surface area contributed by atoms with Gasteiger partial charge in [0.05, 0.1) is 41.6 Å². The maximum Gasteiger partial charge on any atom is 0.416 e. The molecule has 0 fully saturated rings. The van der Waals surface area contributed by atoms with E-state index in [9.17, 15) is 26.3 Å². The van der Waals surface area contributed by atoms with Crippen LogP contribution in [0.2, 0.25) is 0 Å². The Kier molecular flexibility index (Phi) is 6.67. The van der Waals surface area contributed by atoms with E-state index < -0.39 is 23.5 Å². The first kappa shape index (κ1) is 27.1. The van der Waals surface area contributed by atoms with Crippen molar-refractivity contribution in [1.82, 2.24) is 29.5 Å². The van der Waals surface area contributed by atoms with Gasteiger partial charge in [0.15, 0.2) is 17.0 Å². The van der Waals surface area contributed by atoms with Crippen molar-refractivity contribution in [2.75, 3.05) is 10.6 Å². The van der Waals surface area contributed by atoms with Gasteiger partial charge in [-0.2, -0.15) is 36.3 Å². The number of nitrogens with zero attached hydrogens (tertiary/aromatic N) is 5. The standard InChI is InChI=1S/C28H20F6N8/c29-27(30,31)17-7-5-16(6-8-17)14-42-15-36-23-24(35-13-22-38-20-3-1-2-4-21(20)39-22)40-26(41-25(23)42)37-19-11-9-18(10-12-19)28(32,33)34/h1-12,15H,13-14H2,(H,38,39)(H2,35,37,40,41). The Morgan fingerprint density at radius 3 is 2.10 bits per heavy atom. The van der Waals surface area contributed by atoms with Crippen molar-refractivity contribution in [3.8, 4) is 0 Å². The molecule has 0 aliphatic heterocycles. The van der Waals surface area contributed by atoms with Gasteiger partial charge in [-0.15, -0.1) is 0 Å². The van der Waals surface area contributed by atoms with Gasteiger partial charge < -0.3 is 20.2 Å². The molecule has 6 rings (SSSR count). The van der Waals surface area contributed by atoms with Crippen LogP contribution in [0.4, 0.5) is 43.8 Å². The minimum Gasteiger partial charge on any atom is -0.361 e. The Balaban J connectivity index is 1.33. The number of halogens is 6. The van der Waals surface area contributed by atoms with Crippen molar-refractivity contribution in [3.63, 3.8) is 0 Å². The number of anilines is 3. The summed E-state index contributed by atoms with van der Waals surface area (Å²) in [6.45, 7) is 0.403. The number of hydrogen-bond acceptors (Lipinski definition) is 6. The van der Waals surface area contributed by atoms with Crippen molar-refractivity contribution < 1.29 is 26.3 Å². The van der Waals surface area contributed by atoms with E-state index in [2.05, 4.69) is 35.6 Å². The summed E-state index contributed by atoms with van der Waals surface area (Å²) >= 11 is 0. The molecule has 0 amide bonds. The Morgan fingerprint density at radius 2 is 1.43 bits per heavy atom. The Bertz CT molecular complexity index is 1820. The molecular formula is C28H20F6N8. The van der Waals surface area contributed by atoms with Crippen LogP contribution in [-0.2, 0) is 25.4 Å². The Hall–Kier alpha value is -5.14. The van der Waals surface area contributed by atoms with Gasteiger partial charge in [-0.3, -0.25) is 0 Å². The van der Waals surface area contributed by atoms with Crippen LogP contribution >= 0.6 is 0 Å². The summed E-state index contributed by atoms with van der Waals surface area (Å²) < 4.78 is 79.7. The third-order valence-electron chi connectivity index (χ3n) is 6.43. The number of hydrogen-bond donors (Lipinski definition) is 3. The molecule has 0 spiro atoms. The molecule has 14 heteroatoms. The summed E-state index contributed by atoms with van der Waals surface area (Å²) in [5.74, 6) is 1.02. The predicted octanol–water partition coefficient (Wildman–Crippen LogP) is 7.14. The van der Waals surface area contributed by atoms with Gasteiger partial charge in [0.1, 0.15) is 5.82 Å². The van der Waals surface area contributed by atoms with Gasteiger partial charge in [-0.25, -0.2) is 9.97 Å². The van der Waals surface area contributed by atoms with E-state index in [1.54, 1.807) is 4.57 Å². The second-order valence-electron chi connectivity index (χ2n) is 9.39. The van der Waals surface area contributed by atoms with Crippen LogP contribution in [0.15, 0.2) is 79.1 Å². The lowest BCUT2D eigenvalue weighted by atomic mass is 10.1. The SMILES string of the molecule is FC(F)(F)c1ccc(Cn2cnc3c(NCc4nc5ccccc5[nH]4)nc(Nc4ccc(C(F)(F)F)cc4)nc32)cc1. The van der Waals surface area contributed by atoms with Crippen molar-refractivity contribution in [2.45, 2.75) is 25.4 Å². The van der Waals surface area contributed by atoms with Crippen molar-refractivity contribution >= 4 is 39.7 Å². The molecule has 0 bridgehead atoms. The van der Waals surface area contributed by atoms with Crippen LogP contribution in [0.1, 0.15) is 22.5 Å². The molecule has 3 aromatic heterocycles. The van der Waals surface area contributed by atoms with Gasteiger partial charge >= 0.3 is 12.4 Å². The monoisotopic (exact) mass is 582 g/mol. The average Bonchev–Trinajstić information content (AvgIpc) is 3.55. The predicted molar refractivity (Wildman–Crippen MR) is 144 cm³/mol. The topological polar surface area (TPSA) is 96.3 Å². The number of aromatic nitrogens is 6. The van der Waals surface area contributed by atoms with Crippen LogP contribution in [0.3, 0.4) is 0 Å². The van der Waals surface area contributed by atoms with E-state index in [-0.39, 0.29) is 19.0 Å².